The second kappa shape index (κ2) is 11.9. The first-order valence-corrected chi connectivity index (χ1v) is 14.4. The second-order valence-corrected chi connectivity index (χ2v) is 10.8. The lowest BCUT2D eigenvalue weighted by Crippen LogP contribution is -2.35. The predicted molar refractivity (Wildman–Crippen MR) is 157 cm³/mol. The van der Waals surface area contributed by atoms with Crippen LogP contribution in [0, 0.1) is 0 Å². The van der Waals surface area contributed by atoms with Crippen molar-refractivity contribution in [1.82, 2.24) is 24.4 Å². The number of benzene rings is 2. The van der Waals surface area contributed by atoms with Crippen LogP contribution in [-0.4, -0.2) is 62.0 Å². The Balaban J connectivity index is 1.12. The Morgan fingerprint density at radius 3 is 2.49 bits per heavy atom. The molecular weight excluding hydrogens is 557 g/mol. The highest BCUT2D eigenvalue weighted by Crippen LogP contribution is 2.33. The number of halogens is 3. The summed E-state index contributed by atoms with van der Waals surface area (Å²) < 4.78 is 39.2. The minimum Gasteiger partial charge on any atom is -0.339 e. The SMILES string of the molecule is O=C(CCC(F)(F)F)N1CC=C(c2cccn3nc(Nc4ccc(C(=O)N5CCCC5c5ccccc5)cc4)nc23)CC1. The van der Waals surface area contributed by atoms with Crippen LogP contribution in [-0.2, 0) is 4.79 Å². The Morgan fingerprint density at radius 1 is 0.977 bits per heavy atom. The Kier molecular flexibility index (Phi) is 7.88. The molecule has 2 aromatic heterocycles. The van der Waals surface area contributed by atoms with Crippen LogP contribution in [0.4, 0.5) is 24.8 Å². The van der Waals surface area contributed by atoms with E-state index in [2.05, 4.69) is 27.5 Å². The van der Waals surface area contributed by atoms with Crippen LogP contribution in [0.5, 0.6) is 0 Å². The molecule has 1 unspecified atom stereocenters. The molecule has 1 fully saturated rings. The summed E-state index contributed by atoms with van der Waals surface area (Å²) in [5.41, 5.74) is 4.95. The maximum atomic E-state index is 13.3. The summed E-state index contributed by atoms with van der Waals surface area (Å²) in [6, 6.07) is 21.3. The van der Waals surface area contributed by atoms with Gasteiger partial charge in [-0.15, -0.1) is 5.10 Å². The van der Waals surface area contributed by atoms with Gasteiger partial charge in [0.2, 0.25) is 11.9 Å². The summed E-state index contributed by atoms with van der Waals surface area (Å²) in [6.45, 7) is 1.33. The van der Waals surface area contributed by atoms with Gasteiger partial charge in [-0.1, -0.05) is 36.4 Å². The van der Waals surface area contributed by atoms with Gasteiger partial charge in [-0.25, -0.2) is 4.52 Å². The lowest BCUT2D eigenvalue weighted by molar-refractivity contribution is -0.148. The van der Waals surface area contributed by atoms with E-state index < -0.39 is 24.9 Å². The van der Waals surface area contributed by atoms with Gasteiger partial charge in [-0.3, -0.25) is 9.59 Å². The van der Waals surface area contributed by atoms with Gasteiger partial charge in [0.15, 0.2) is 5.65 Å². The molecule has 2 aromatic carbocycles. The third-order valence-electron chi connectivity index (χ3n) is 7.98. The molecule has 2 aliphatic heterocycles. The van der Waals surface area contributed by atoms with Crippen LogP contribution >= 0.6 is 0 Å². The number of amides is 2. The maximum absolute atomic E-state index is 13.3. The molecule has 0 bridgehead atoms. The first kappa shape index (κ1) is 28.4. The molecule has 6 rings (SSSR count). The Morgan fingerprint density at radius 2 is 1.77 bits per heavy atom. The summed E-state index contributed by atoms with van der Waals surface area (Å²) in [5.74, 6) is -0.102. The largest absolute Gasteiger partial charge is 0.389 e. The zero-order valence-electron chi connectivity index (χ0n) is 23.4. The highest BCUT2D eigenvalue weighted by Gasteiger charge is 2.31. The first-order valence-electron chi connectivity index (χ1n) is 14.4. The second-order valence-electron chi connectivity index (χ2n) is 10.8. The highest BCUT2D eigenvalue weighted by atomic mass is 19.4. The number of likely N-dealkylation sites (tertiary alicyclic amines) is 1. The molecule has 43 heavy (non-hydrogen) atoms. The Hall–Kier alpha value is -4.67. The van der Waals surface area contributed by atoms with E-state index >= 15 is 0 Å². The van der Waals surface area contributed by atoms with Crippen molar-refractivity contribution in [2.75, 3.05) is 25.0 Å². The normalized spacial score (nSPS) is 17.3. The molecule has 0 spiro atoms. The van der Waals surface area contributed by atoms with Crippen LogP contribution in [0.15, 0.2) is 79.0 Å². The maximum Gasteiger partial charge on any atom is 0.389 e. The molecule has 4 heterocycles. The van der Waals surface area contributed by atoms with Crippen molar-refractivity contribution in [3.63, 3.8) is 0 Å². The van der Waals surface area contributed by atoms with E-state index in [-0.39, 0.29) is 18.5 Å². The van der Waals surface area contributed by atoms with Gasteiger partial charge >= 0.3 is 6.18 Å². The van der Waals surface area contributed by atoms with Crippen LogP contribution in [0.3, 0.4) is 0 Å². The molecule has 0 radical (unpaired) electrons. The number of anilines is 2. The summed E-state index contributed by atoms with van der Waals surface area (Å²) in [4.78, 5) is 33.6. The Labute approximate surface area is 246 Å². The third-order valence-corrected chi connectivity index (χ3v) is 7.98. The van der Waals surface area contributed by atoms with Crippen molar-refractivity contribution in [1.29, 1.82) is 0 Å². The minimum atomic E-state index is -4.35. The minimum absolute atomic E-state index is 0.00905. The van der Waals surface area contributed by atoms with E-state index in [0.29, 0.717) is 30.1 Å². The molecule has 1 atom stereocenters. The van der Waals surface area contributed by atoms with Crippen molar-refractivity contribution in [3.05, 3.63) is 95.7 Å². The standard InChI is InChI=1S/C32H31F3N6O2/c33-32(34,35)17-14-28(42)39-20-15-22(16-21-39)26-8-4-19-41-29(26)37-31(38-41)36-25-12-10-24(11-13-25)30(43)40-18-5-9-27(40)23-6-2-1-3-7-23/h1-4,6-8,10-13,15,19,27H,5,9,14,16-18,20-21H2,(H,36,38). The number of aromatic nitrogens is 3. The van der Waals surface area contributed by atoms with E-state index in [1.807, 2.05) is 53.4 Å². The number of pyridine rings is 1. The topological polar surface area (TPSA) is 82.8 Å². The van der Waals surface area contributed by atoms with Crippen LogP contribution in [0.25, 0.3) is 11.2 Å². The van der Waals surface area contributed by atoms with E-state index in [1.165, 1.54) is 4.90 Å². The molecule has 0 saturated carbocycles. The molecule has 1 N–H and O–H groups in total. The zero-order chi connectivity index (χ0) is 30.0. The molecule has 1 saturated heterocycles. The first-order chi connectivity index (χ1) is 20.7. The van der Waals surface area contributed by atoms with Crippen LogP contribution in [0.1, 0.15) is 59.6 Å². The van der Waals surface area contributed by atoms with Gasteiger partial charge in [-0.05, 0) is 66.8 Å². The molecule has 11 heteroatoms. The summed E-state index contributed by atoms with van der Waals surface area (Å²) in [5, 5.41) is 7.75. The van der Waals surface area contributed by atoms with E-state index in [0.717, 1.165) is 41.8 Å². The van der Waals surface area contributed by atoms with Gasteiger partial charge in [0.25, 0.3) is 5.91 Å². The number of hydrogen-bond donors (Lipinski definition) is 1. The molecule has 0 aliphatic carbocycles. The number of hydrogen-bond acceptors (Lipinski definition) is 5. The third kappa shape index (κ3) is 6.40. The zero-order valence-corrected chi connectivity index (χ0v) is 23.4. The van der Waals surface area contributed by atoms with Crippen LogP contribution in [0.2, 0.25) is 0 Å². The number of alkyl halides is 3. The van der Waals surface area contributed by atoms with E-state index in [9.17, 15) is 22.8 Å². The lowest BCUT2D eigenvalue weighted by Gasteiger charge is -2.27. The number of carbonyl (C=O) groups is 2. The van der Waals surface area contributed by atoms with Gasteiger partial charge in [0.1, 0.15) is 0 Å². The average Bonchev–Trinajstić information content (AvgIpc) is 3.67. The summed E-state index contributed by atoms with van der Waals surface area (Å²) in [7, 11) is 0. The Bertz CT molecular complexity index is 1650. The van der Waals surface area contributed by atoms with Gasteiger partial charge in [0, 0.05) is 49.1 Å². The fourth-order valence-corrected chi connectivity index (χ4v) is 5.78. The quantitative estimate of drug-likeness (QED) is 0.270. The molecule has 8 nitrogen and oxygen atoms in total. The van der Waals surface area contributed by atoms with Crippen LogP contribution < -0.4 is 5.32 Å². The van der Waals surface area contributed by atoms with Gasteiger partial charge < -0.3 is 15.1 Å². The molecule has 222 valence electrons. The van der Waals surface area contributed by atoms with E-state index in [1.54, 1.807) is 22.8 Å². The van der Waals surface area contributed by atoms with Gasteiger partial charge in [0.05, 0.1) is 12.5 Å². The van der Waals surface area contributed by atoms with Gasteiger partial charge in [-0.2, -0.15) is 18.2 Å². The number of nitrogens with one attached hydrogen (secondary N) is 1. The molecule has 2 amide bonds. The summed E-state index contributed by atoms with van der Waals surface area (Å²) >= 11 is 0. The molecular formula is C32H31F3N6O2. The fraction of sp³-hybridized carbons (Fsp3) is 0.312. The number of nitrogens with zero attached hydrogens (tertiary/aromatic N) is 5. The molecule has 2 aliphatic rings. The van der Waals surface area contributed by atoms with Crippen molar-refractivity contribution in [3.8, 4) is 0 Å². The number of carbonyl (C=O) groups excluding carboxylic acids is 2. The van der Waals surface area contributed by atoms with Crippen molar-refractivity contribution in [2.24, 2.45) is 0 Å². The summed E-state index contributed by atoms with van der Waals surface area (Å²) in [6.07, 6.45) is 0.0846. The fourth-order valence-electron chi connectivity index (χ4n) is 5.78. The number of fused-ring (bicyclic) bond motifs is 1. The highest BCUT2D eigenvalue weighted by molar-refractivity contribution is 5.95. The smallest absolute Gasteiger partial charge is 0.339 e. The lowest BCUT2D eigenvalue weighted by atomic mass is 10.00. The average molecular weight is 589 g/mol. The van der Waals surface area contributed by atoms with Crippen molar-refractivity contribution in [2.45, 2.75) is 44.3 Å². The predicted octanol–water partition coefficient (Wildman–Crippen LogP) is 6.41. The molecule has 4 aromatic rings. The van der Waals surface area contributed by atoms with E-state index in [4.69, 9.17) is 0 Å². The van der Waals surface area contributed by atoms with Crippen molar-refractivity contribution >= 4 is 34.7 Å². The number of rotatable bonds is 7. The van der Waals surface area contributed by atoms with Crippen molar-refractivity contribution < 1.29 is 22.8 Å². The monoisotopic (exact) mass is 588 g/mol.